The number of likely N-dealkylation sites (tertiary alicyclic amines) is 1. The molecule has 2 fully saturated rings. The Kier molecular flexibility index (Phi) is 5.65. The molecule has 1 aromatic carbocycles. The third kappa shape index (κ3) is 4.00. The summed E-state index contributed by atoms with van der Waals surface area (Å²) < 4.78 is 11.2. The first-order valence-electron chi connectivity index (χ1n) is 10.7. The fourth-order valence-electron chi connectivity index (χ4n) is 4.44. The molecule has 0 saturated carbocycles. The van der Waals surface area contributed by atoms with Crippen LogP contribution in [0.25, 0.3) is 10.8 Å². The standard InChI is InChI=1S/C23H24N4O4S/c1-30-18-7-2-6-17(12-18)27-14-16(11-20(27)28)23(29)26-9-3-5-15(13-26)21-24-25-22(31-21)19-8-4-10-32-19/h2,4,6-8,10,12,15-16H,3,5,9,11,13-14H2,1H3. The molecule has 2 atom stereocenters. The Bertz CT molecular complexity index is 1110. The van der Waals surface area contributed by atoms with Crippen LogP contribution in [-0.2, 0) is 9.59 Å². The van der Waals surface area contributed by atoms with Crippen LogP contribution in [0.15, 0.2) is 46.2 Å². The minimum Gasteiger partial charge on any atom is -0.497 e. The van der Waals surface area contributed by atoms with Crippen LogP contribution in [0, 0.1) is 5.92 Å². The summed E-state index contributed by atoms with van der Waals surface area (Å²) in [4.78, 5) is 30.4. The molecular formula is C23H24N4O4S. The highest BCUT2D eigenvalue weighted by Crippen LogP contribution is 2.33. The highest BCUT2D eigenvalue weighted by Gasteiger charge is 2.39. The average molecular weight is 453 g/mol. The van der Waals surface area contributed by atoms with Gasteiger partial charge in [0.2, 0.25) is 17.7 Å². The van der Waals surface area contributed by atoms with Crippen LogP contribution in [0.3, 0.4) is 0 Å². The number of anilines is 1. The molecule has 2 unspecified atom stereocenters. The normalized spacial score (nSPS) is 21.2. The van der Waals surface area contributed by atoms with Gasteiger partial charge in [-0.25, -0.2) is 0 Å². The van der Waals surface area contributed by atoms with Crippen molar-refractivity contribution in [3.05, 3.63) is 47.7 Å². The van der Waals surface area contributed by atoms with Gasteiger partial charge in [-0.05, 0) is 36.4 Å². The van der Waals surface area contributed by atoms with Crippen LogP contribution in [0.2, 0.25) is 0 Å². The van der Waals surface area contributed by atoms with E-state index in [9.17, 15) is 9.59 Å². The zero-order chi connectivity index (χ0) is 22.1. The van der Waals surface area contributed by atoms with E-state index in [1.54, 1.807) is 23.3 Å². The number of amides is 2. The molecule has 2 aliphatic rings. The van der Waals surface area contributed by atoms with Gasteiger partial charge in [0.1, 0.15) is 5.75 Å². The van der Waals surface area contributed by atoms with Gasteiger partial charge in [-0.2, -0.15) is 0 Å². The van der Waals surface area contributed by atoms with Crippen molar-refractivity contribution in [2.45, 2.75) is 25.2 Å². The number of ether oxygens (including phenoxy) is 1. The van der Waals surface area contributed by atoms with Crippen LogP contribution in [-0.4, -0.2) is 53.7 Å². The zero-order valence-corrected chi connectivity index (χ0v) is 18.6. The van der Waals surface area contributed by atoms with Crippen LogP contribution in [0.4, 0.5) is 5.69 Å². The molecule has 2 aliphatic heterocycles. The second-order valence-corrected chi connectivity index (χ2v) is 9.10. The Balaban J connectivity index is 1.26. The molecule has 8 nitrogen and oxygen atoms in total. The van der Waals surface area contributed by atoms with E-state index >= 15 is 0 Å². The first-order chi connectivity index (χ1) is 15.6. The van der Waals surface area contributed by atoms with Gasteiger partial charge in [0.05, 0.1) is 23.8 Å². The van der Waals surface area contributed by atoms with Crippen molar-refractivity contribution in [2.75, 3.05) is 31.6 Å². The highest BCUT2D eigenvalue weighted by atomic mass is 32.1. The summed E-state index contributed by atoms with van der Waals surface area (Å²) in [5.74, 6) is 1.43. The summed E-state index contributed by atoms with van der Waals surface area (Å²) in [6.45, 7) is 1.61. The molecule has 9 heteroatoms. The first-order valence-corrected chi connectivity index (χ1v) is 11.6. The second-order valence-electron chi connectivity index (χ2n) is 8.15. The first kappa shape index (κ1) is 20.7. The second kappa shape index (κ2) is 8.74. The van der Waals surface area contributed by atoms with Gasteiger partial charge in [0, 0.05) is 37.8 Å². The number of nitrogens with zero attached hydrogens (tertiary/aromatic N) is 4. The number of hydrogen-bond donors (Lipinski definition) is 0. The fraction of sp³-hybridized carbons (Fsp3) is 0.391. The van der Waals surface area contributed by atoms with Gasteiger partial charge in [0.25, 0.3) is 5.89 Å². The quantitative estimate of drug-likeness (QED) is 0.588. The zero-order valence-electron chi connectivity index (χ0n) is 17.8. The molecule has 0 N–H and O–H groups in total. The number of aromatic nitrogens is 2. The van der Waals surface area contributed by atoms with E-state index in [2.05, 4.69) is 10.2 Å². The third-order valence-corrected chi connectivity index (χ3v) is 6.95. The Morgan fingerprint density at radius 1 is 1.22 bits per heavy atom. The smallest absolute Gasteiger partial charge is 0.257 e. The molecule has 0 bridgehead atoms. The molecule has 5 rings (SSSR count). The minimum absolute atomic E-state index is 0.0144. The number of thiophene rings is 1. The van der Waals surface area contributed by atoms with Crippen molar-refractivity contribution in [3.63, 3.8) is 0 Å². The van der Waals surface area contributed by atoms with Gasteiger partial charge in [0.15, 0.2) is 0 Å². The summed E-state index contributed by atoms with van der Waals surface area (Å²) in [7, 11) is 1.59. The molecule has 4 heterocycles. The van der Waals surface area contributed by atoms with E-state index in [1.807, 2.05) is 46.7 Å². The summed E-state index contributed by atoms with van der Waals surface area (Å²) in [6.07, 6.45) is 1.99. The fourth-order valence-corrected chi connectivity index (χ4v) is 5.08. The number of methoxy groups -OCH3 is 1. The molecule has 2 amide bonds. The topological polar surface area (TPSA) is 88.8 Å². The van der Waals surface area contributed by atoms with E-state index in [1.165, 1.54) is 0 Å². The summed E-state index contributed by atoms with van der Waals surface area (Å²) in [5, 5.41) is 10.4. The van der Waals surface area contributed by atoms with Crippen molar-refractivity contribution in [1.29, 1.82) is 0 Å². The predicted molar refractivity (Wildman–Crippen MR) is 120 cm³/mol. The van der Waals surface area contributed by atoms with Crippen LogP contribution < -0.4 is 9.64 Å². The van der Waals surface area contributed by atoms with Gasteiger partial charge in [-0.15, -0.1) is 21.5 Å². The lowest BCUT2D eigenvalue weighted by Crippen LogP contribution is -2.43. The Labute approximate surface area is 189 Å². The Morgan fingerprint density at radius 2 is 2.12 bits per heavy atom. The Morgan fingerprint density at radius 3 is 2.94 bits per heavy atom. The van der Waals surface area contributed by atoms with Crippen LogP contribution in [0.5, 0.6) is 5.75 Å². The molecule has 32 heavy (non-hydrogen) atoms. The molecule has 0 aliphatic carbocycles. The van der Waals surface area contributed by atoms with E-state index in [4.69, 9.17) is 9.15 Å². The molecule has 166 valence electrons. The van der Waals surface area contributed by atoms with Gasteiger partial charge in [-0.3, -0.25) is 9.59 Å². The van der Waals surface area contributed by atoms with E-state index < -0.39 is 0 Å². The maximum atomic E-state index is 13.3. The van der Waals surface area contributed by atoms with E-state index in [-0.39, 0.29) is 30.1 Å². The highest BCUT2D eigenvalue weighted by molar-refractivity contribution is 7.13. The maximum absolute atomic E-state index is 13.3. The molecule has 2 saturated heterocycles. The average Bonchev–Trinajstić information content (AvgIpc) is 3.59. The monoisotopic (exact) mass is 452 g/mol. The number of carbonyl (C=O) groups excluding carboxylic acids is 2. The molecule has 2 aromatic heterocycles. The van der Waals surface area contributed by atoms with Gasteiger partial charge in [-0.1, -0.05) is 12.1 Å². The lowest BCUT2D eigenvalue weighted by Gasteiger charge is -2.32. The summed E-state index contributed by atoms with van der Waals surface area (Å²) in [6, 6.07) is 11.3. The molecular weight excluding hydrogens is 428 g/mol. The number of piperidine rings is 1. The molecule has 0 radical (unpaired) electrons. The number of carbonyl (C=O) groups is 2. The SMILES string of the molecule is COc1cccc(N2CC(C(=O)N3CCCC(c4nnc(-c5cccs5)o4)C3)CC2=O)c1. The van der Waals surface area contributed by atoms with Gasteiger partial charge < -0.3 is 19.0 Å². The van der Waals surface area contributed by atoms with Crippen molar-refractivity contribution in [1.82, 2.24) is 15.1 Å². The largest absolute Gasteiger partial charge is 0.497 e. The van der Waals surface area contributed by atoms with Crippen molar-refractivity contribution < 1.29 is 18.7 Å². The van der Waals surface area contributed by atoms with E-state index in [0.29, 0.717) is 37.2 Å². The van der Waals surface area contributed by atoms with E-state index in [0.717, 1.165) is 23.4 Å². The minimum atomic E-state index is -0.350. The summed E-state index contributed by atoms with van der Waals surface area (Å²) >= 11 is 1.55. The van der Waals surface area contributed by atoms with Crippen LogP contribution in [0.1, 0.15) is 31.1 Å². The lowest BCUT2D eigenvalue weighted by molar-refractivity contribution is -0.137. The summed E-state index contributed by atoms with van der Waals surface area (Å²) in [5.41, 5.74) is 0.758. The predicted octanol–water partition coefficient (Wildman–Crippen LogP) is 3.57. The number of hydrogen-bond acceptors (Lipinski definition) is 7. The molecule has 0 spiro atoms. The lowest BCUT2D eigenvalue weighted by atomic mass is 9.96. The Hall–Kier alpha value is -3.20. The van der Waals surface area contributed by atoms with Crippen LogP contribution >= 0.6 is 11.3 Å². The van der Waals surface area contributed by atoms with Gasteiger partial charge >= 0.3 is 0 Å². The number of rotatable bonds is 5. The van der Waals surface area contributed by atoms with Crippen molar-refractivity contribution in [2.24, 2.45) is 5.92 Å². The van der Waals surface area contributed by atoms with Crippen molar-refractivity contribution in [3.8, 4) is 16.5 Å². The number of benzene rings is 1. The molecule has 3 aromatic rings. The maximum Gasteiger partial charge on any atom is 0.257 e. The third-order valence-electron chi connectivity index (χ3n) is 6.09. The van der Waals surface area contributed by atoms with Crippen molar-refractivity contribution >= 4 is 28.8 Å².